The Morgan fingerprint density at radius 1 is 1.00 bits per heavy atom. The van der Waals surface area contributed by atoms with E-state index >= 15 is 0 Å². The highest BCUT2D eigenvalue weighted by molar-refractivity contribution is 5.82. The molecule has 112 valence electrons. The summed E-state index contributed by atoms with van der Waals surface area (Å²) in [6, 6.07) is 7.61. The lowest BCUT2D eigenvalue weighted by Crippen LogP contribution is -2.00. The van der Waals surface area contributed by atoms with Gasteiger partial charge in [-0.1, -0.05) is 69.2 Å². The van der Waals surface area contributed by atoms with Crippen molar-refractivity contribution in [3.8, 4) is 5.75 Å². The molecule has 1 aromatic rings. The molecule has 0 saturated heterocycles. The molecule has 0 fully saturated rings. The standard InChI is InChI=1S/C17H27NO2/c1-2-3-4-5-6-7-8-11-14-20-17-13-10-9-12-16(17)15-18-19/h9-10,12-13,15,19H,2-8,11,14H2,1H3. The van der Waals surface area contributed by atoms with Crippen LogP contribution in [0, 0.1) is 0 Å². The largest absolute Gasteiger partial charge is 0.493 e. The Bertz CT molecular complexity index is 377. The summed E-state index contributed by atoms with van der Waals surface area (Å²) in [4.78, 5) is 0. The molecule has 20 heavy (non-hydrogen) atoms. The van der Waals surface area contributed by atoms with Crippen LogP contribution in [0.5, 0.6) is 5.75 Å². The van der Waals surface area contributed by atoms with Crippen molar-refractivity contribution in [1.29, 1.82) is 0 Å². The molecule has 0 aliphatic rings. The molecule has 0 heterocycles. The topological polar surface area (TPSA) is 41.8 Å². The van der Waals surface area contributed by atoms with Crippen molar-refractivity contribution in [3.63, 3.8) is 0 Å². The van der Waals surface area contributed by atoms with Crippen LogP contribution >= 0.6 is 0 Å². The Balaban J connectivity index is 2.09. The minimum atomic E-state index is 0.727. The summed E-state index contributed by atoms with van der Waals surface area (Å²) >= 11 is 0. The smallest absolute Gasteiger partial charge is 0.128 e. The Hall–Kier alpha value is -1.51. The van der Waals surface area contributed by atoms with Gasteiger partial charge in [-0.3, -0.25) is 0 Å². The van der Waals surface area contributed by atoms with Crippen LogP contribution in [-0.2, 0) is 0 Å². The van der Waals surface area contributed by atoms with Gasteiger partial charge in [0, 0.05) is 5.56 Å². The number of ether oxygens (including phenoxy) is 1. The summed E-state index contributed by atoms with van der Waals surface area (Å²) in [5.74, 6) is 0.785. The molecule has 0 aliphatic heterocycles. The first-order valence-electron chi connectivity index (χ1n) is 7.77. The molecule has 3 heteroatoms. The first kappa shape index (κ1) is 16.5. The quantitative estimate of drug-likeness (QED) is 0.267. The number of para-hydroxylation sites is 1. The lowest BCUT2D eigenvalue weighted by Gasteiger charge is -2.08. The summed E-state index contributed by atoms with van der Waals surface area (Å²) in [5, 5.41) is 11.6. The van der Waals surface area contributed by atoms with Crippen molar-refractivity contribution in [1.82, 2.24) is 0 Å². The normalized spacial score (nSPS) is 11.1. The van der Waals surface area contributed by atoms with Gasteiger partial charge in [-0.25, -0.2) is 0 Å². The monoisotopic (exact) mass is 277 g/mol. The maximum absolute atomic E-state index is 8.59. The van der Waals surface area contributed by atoms with E-state index in [9.17, 15) is 0 Å². The van der Waals surface area contributed by atoms with Crippen molar-refractivity contribution in [2.75, 3.05) is 6.61 Å². The van der Waals surface area contributed by atoms with Gasteiger partial charge in [-0.05, 0) is 18.6 Å². The zero-order chi connectivity index (χ0) is 14.5. The summed E-state index contributed by atoms with van der Waals surface area (Å²) < 4.78 is 5.73. The molecule has 1 aromatic carbocycles. The number of hydrogen-bond acceptors (Lipinski definition) is 3. The fourth-order valence-electron chi connectivity index (χ4n) is 2.20. The van der Waals surface area contributed by atoms with Crippen molar-refractivity contribution >= 4 is 6.21 Å². The number of oxime groups is 1. The lowest BCUT2D eigenvalue weighted by molar-refractivity contribution is 0.302. The molecular weight excluding hydrogens is 250 g/mol. The zero-order valence-electron chi connectivity index (χ0n) is 12.6. The molecule has 0 amide bonds. The summed E-state index contributed by atoms with van der Waals surface area (Å²) in [6.07, 6.45) is 11.8. The summed E-state index contributed by atoms with van der Waals surface area (Å²) in [6.45, 7) is 2.97. The molecule has 0 radical (unpaired) electrons. The highest BCUT2D eigenvalue weighted by Crippen LogP contribution is 2.16. The number of rotatable bonds is 11. The maximum atomic E-state index is 8.59. The molecule has 1 N–H and O–H groups in total. The zero-order valence-corrected chi connectivity index (χ0v) is 12.6. The predicted octanol–water partition coefficient (Wildman–Crippen LogP) is 5.01. The fourth-order valence-corrected chi connectivity index (χ4v) is 2.20. The van der Waals surface area contributed by atoms with Crippen molar-refractivity contribution in [2.24, 2.45) is 5.16 Å². The average Bonchev–Trinajstić information content (AvgIpc) is 2.47. The van der Waals surface area contributed by atoms with Crippen LogP contribution in [0.2, 0.25) is 0 Å². The first-order chi connectivity index (χ1) is 9.88. The predicted molar refractivity (Wildman–Crippen MR) is 83.9 cm³/mol. The van der Waals surface area contributed by atoms with Crippen LogP contribution < -0.4 is 4.74 Å². The van der Waals surface area contributed by atoms with E-state index in [1.54, 1.807) is 0 Å². The molecule has 0 saturated carbocycles. The third-order valence-corrected chi connectivity index (χ3v) is 3.37. The third-order valence-electron chi connectivity index (χ3n) is 3.37. The first-order valence-corrected chi connectivity index (χ1v) is 7.77. The van der Waals surface area contributed by atoms with E-state index in [1.807, 2.05) is 24.3 Å². The van der Waals surface area contributed by atoms with Crippen LogP contribution in [0.3, 0.4) is 0 Å². The molecule has 0 bridgehead atoms. The van der Waals surface area contributed by atoms with E-state index in [0.29, 0.717) is 0 Å². The molecule has 0 aromatic heterocycles. The second-order valence-electron chi connectivity index (χ2n) is 5.11. The lowest BCUT2D eigenvalue weighted by atomic mass is 10.1. The van der Waals surface area contributed by atoms with Crippen LogP contribution in [0.4, 0.5) is 0 Å². The fraction of sp³-hybridized carbons (Fsp3) is 0.588. The van der Waals surface area contributed by atoms with Gasteiger partial charge in [0.05, 0.1) is 12.8 Å². The van der Waals surface area contributed by atoms with Gasteiger partial charge in [-0.2, -0.15) is 0 Å². The Kier molecular flexibility index (Phi) is 9.37. The number of hydrogen-bond donors (Lipinski definition) is 1. The van der Waals surface area contributed by atoms with E-state index in [4.69, 9.17) is 9.94 Å². The molecule has 1 rings (SSSR count). The van der Waals surface area contributed by atoms with E-state index in [1.165, 1.54) is 51.2 Å². The minimum absolute atomic E-state index is 0.727. The Morgan fingerprint density at radius 2 is 1.65 bits per heavy atom. The van der Waals surface area contributed by atoms with Gasteiger partial charge in [0.2, 0.25) is 0 Å². The van der Waals surface area contributed by atoms with E-state index in [2.05, 4.69) is 12.1 Å². The molecule has 0 unspecified atom stereocenters. The van der Waals surface area contributed by atoms with Crippen molar-refractivity contribution in [3.05, 3.63) is 29.8 Å². The van der Waals surface area contributed by atoms with Gasteiger partial charge >= 0.3 is 0 Å². The van der Waals surface area contributed by atoms with E-state index in [-0.39, 0.29) is 0 Å². The Morgan fingerprint density at radius 3 is 2.35 bits per heavy atom. The number of nitrogens with zero attached hydrogens (tertiary/aromatic N) is 1. The third kappa shape index (κ3) is 7.17. The van der Waals surface area contributed by atoms with Gasteiger partial charge in [0.1, 0.15) is 5.75 Å². The average molecular weight is 277 g/mol. The molecular formula is C17H27NO2. The second kappa shape index (κ2) is 11.3. The number of unbranched alkanes of at least 4 members (excludes halogenated alkanes) is 7. The van der Waals surface area contributed by atoms with E-state index in [0.717, 1.165) is 24.3 Å². The van der Waals surface area contributed by atoms with Crippen molar-refractivity contribution < 1.29 is 9.94 Å². The molecule has 0 spiro atoms. The van der Waals surface area contributed by atoms with Crippen molar-refractivity contribution in [2.45, 2.75) is 58.3 Å². The minimum Gasteiger partial charge on any atom is -0.493 e. The Labute approximate surface area is 122 Å². The highest BCUT2D eigenvalue weighted by atomic mass is 16.5. The van der Waals surface area contributed by atoms with Gasteiger partial charge in [0.15, 0.2) is 0 Å². The number of benzene rings is 1. The second-order valence-corrected chi connectivity index (χ2v) is 5.11. The van der Waals surface area contributed by atoms with Crippen LogP contribution in [-0.4, -0.2) is 18.0 Å². The molecule has 3 nitrogen and oxygen atoms in total. The molecule has 0 aliphatic carbocycles. The SMILES string of the molecule is CCCCCCCCCCOc1ccccc1C=NO. The van der Waals surface area contributed by atoms with Gasteiger partial charge in [0.25, 0.3) is 0 Å². The maximum Gasteiger partial charge on any atom is 0.128 e. The summed E-state index contributed by atoms with van der Waals surface area (Å²) in [7, 11) is 0. The highest BCUT2D eigenvalue weighted by Gasteiger charge is 2.00. The van der Waals surface area contributed by atoms with Gasteiger partial charge < -0.3 is 9.94 Å². The van der Waals surface area contributed by atoms with Crippen LogP contribution in [0.1, 0.15) is 63.9 Å². The molecule has 0 atom stereocenters. The van der Waals surface area contributed by atoms with Gasteiger partial charge in [-0.15, -0.1) is 0 Å². The van der Waals surface area contributed by atoms with Crippen LogP contribution in [0.15, 0.2) is 29.4 Å². The van der Waals surface area contributed by atoms with Crippen LogP contribution in [0.25, 0.3) is 0 Å². The summed E-state index contributed by atoms with van der Waals surface area (Å²) in [5.41, 5.74) is 0.814. The van der Waals surface area contributed by atoms with E-state index < -0.39 is 0 Å².